The number of rotatable bonds is 6. The van der Waals surface area contributed by atoms with E-state index in [1.54, 1.807) is 7.11 Å². The Morgan fingerprint density at radius 3 is 2.89 bits per heavy atom. The molecular weight excluding hydrogens is 244 g/mol. The first-order valence-corrected chi connectivity index (χ1v) is 6.51. The smallest absolute Gasteiger partial charge is 0.104 e. The fraction of sp³-hybridized carbons (Fsp3) is 0.357. The fourth-order valence-electron chi connectivity index (χ4n) is 2.16. The fourth-order valence-corrected chi connectivity index (χ4v) is 2.34. The molecule has 0 radical (unpaired) electrons. The highest BCUT2D eigenvalue weighted by Crippen LogP contribution is 2.20. The zero-order valence-corrected chi connectivity index (χ0v) is 11.4. The molecule has 0 aliphatic carbocycles. The quantitative estimate of drug-likeness (QED) is 0.643. The summed E-state index contributed by atoms with van der Waals surface area (Å²) in [4.78, 5) is 0.456. The zero-order chi connectivity index (χ0) is 13.0. The van der Waals surface area contributed by atoms with Gasteiger partial charge in [-0.3, -0.25) is 0 Å². The molecule has 0 bridgehead atoms. The number of unbranched alkanes of at least 4 members (excludes halogenated alkanes) is 1. The molecule has 0 unspecified atom stereocenters. The second-order valence-electron chi connectivity index (χ2n) is 4.31. The van der Waals surface area contributed by atoms with E-state index in [1.165, 1.54) is 5.52 Å². The van der Waals surface area contributed by atoms with Gasteiger partial charge in [-0.05, 0) is 25.0 Å². The van der Waals surface area contributed by atoms with Crippen LogP contribution in [0.2, 0.25) is 0 Å². The van der Waals surface area contributed by atoms with Crippen LogP contribution < -0.4 is 5.73 Å². The van der Waals surface area contributed by atoms with Crippen LogP contribution >= 0.6 is 12.2 Å². The van der Waals surface area contributed by atoms with Crippen LogP contribution in [0.25, 0.3) is 10.9 Å². The van der Waals surface area contributed by atoms with Gasteiger partial charge in [0.15, 0.2) is 0 Å². The van der Waals surface area contributed by atoms with Crippen LogP contribution in [-0.4, -0.2) is 23.3 Å². The summed E-state index contributed by atoms with van der Waals surface area (Å²) in [7, 11) is 1.74. The van der Waals surface area contributed by atoms with Crippen LogP contribution in [0, 0.1) is 0 Å². The van der Waals surface area contributed by atoms with Gasteiger partial charge in [-0.25, -0.2) is 0 Å². The summed E-state index contributed by atoms with van der Waals surface area (Å²) in [6, 6.07) is 8.16. The Hall–Kier alpha value is -1.39. The number of benzene rings is 1. The van der Waals surface area contributed by atoms with Crippen LogP contribution in [-0.2, 0) is 11.3 Å². The van der Waals surface area contributed by atoms with Crippen molar-refractivity contribution in [2.75, 3.05) is 13.7 Å². The van der Waals surface area contributed by atoms with Gasteiger partial charge in [-0.2, -0.15) is 0 Å². The number of hydrogen-bond acceptors (Lipinski definition) is 2. The molecule has 0 atom stereocenters. The molecule has 18 heavy (non-hydrogen) atoms. The summed E-state index contributed by atoms with van der Waals surface area (Å²) < 4.78 is 7.30. The third-order valence-electron chi connectivity index (χ3n) is 3.08. The number of aromatic nitrogens is 1. The number of hydrogen-bond donors (Lipinski definition) is 1. The molecule has 0 saturated heterocycles. The highest BCUT2D eigenvalue weighted by Gasteiger charge is 2.06. The average molecular weight is 262 g/mol. The number of nitrogens with two attached hydrogens (primary N) is 1. The van der Waals surface area contributed by atoms with E-state index in [2.05, 4.69) is 22.9 Å². The van der Waals surface area contributed by atoms with E-state index in [9.17, 15) is 0 Å². The molecule has 2 rings (SSSR count). The van der Waals surface area contributed by atoms with E-state index >= 15 is 0 Å². The van der Waals surface area contributed by atoms with Crippen molar-refractivity contribution >= 4 is 28.1 Å². The van der Waals surface area contributed by atoms with Crippen LogP contribution in [0.1, 0.15) is 18.4 Å². The number of aryl methyl sites for hydroxylation is 1. The lowest BCUT2D eigenvalue weighted by atomic mass is 10.1. The van der Waals surface area contributed by atoms with Crippen molar-refractivity contribution in [3.63, 3.8) is 0 Å². The van der Waals surface area contributed by atoms with Gasteiger partial charge in [0.2, 0.25) is 0 Å². The van der Waals surface area contributed by atoms with Gasteiger partial charge < -0.3 is 15.0 Å². The Morgan fingerprint density at radius 1 is 1.33 bits per heavy atom. The molecule has 0 aliphatic rings. The van der Waals surface area contributed by atoms with Crippen molar-refractivity contribution in [1.29, 1.82) is 0 Å². The van der Waals surface area contributed by atoms with Crippen LogP contribution in [0.3, 0.4) is 0 Å². The van der Waals surface area contributed by atoms with Crippen molar-refractivity contribution in [3.8, 4) is 0 Å². The van der Waals surface area contributed by atoms with E-state index in [0.717, 1.165) is 36.9 Å². The SMILES string of the molecule is COCCCCn1ccc2c(C(N)=S)cccc21. The summed E-state index contributed by atoms with van der Waals surface area (Å²) in [5, 5.41) is 1.14. The number of thiocarbonyl (C=S) groups is 1. The molecule has 96 valence electrons. The predicted octanol–water partition coefficient (Wildman–Crippen LogP) is 2.70. The molecule has 0 fully saturated rings. The Morgan fingerprint density at radius 2 is 2.17 bits per heavy atom. The lowest BCUT2D eigenvalue weighted by Crippen LogP contribution is -2.09. The average Bonchev–Trinajstić information content (AvgIpc) is 2.77. The van der Waals surface area contributed by atoms with E-state index in [-0.39, 0.29) is 0 Å². The summed E-state index contributed by atoms with van der Waals surface area (Å²) in [5.41, 5.74) is 7.88. The van der Waals surface area contributed by atoms with E-state index < -0.39 is 0 Å². The standard InChI is InChI=1S/C14H18N2OS/c1-17-10-3-2-8-16-9-7-11-12(14(15)18)5-4-6-13(11)16/h4-7,9H,2-3,8,10H2,1H3,(H2,15,18). The van der Waals surface area contributed by atoms with Crippen LogP contribution in [0.5, 0.6) is 0 Å². The molecule has 1 aromatic carbocycles. The van der Waals surface area contributed by atoms with Crippen molar-refractivity contribution < 1.29 is 4.74 Å². The molecule has 4 heteroatoms. The van der Waals surface area contributed by atoms with Crippen molar-refractivity contribution in [2.45, 2.75) is 19.4 Å². The summed E-state index contributed by atoms with van der Waals surface area (Å²) in [5.74, 6) is 0. The number of nitrogens with zero attached hydrogens (tertiary/aromatic N) is 1. The van der Waals surface area contributed by atoms with Gasteiger partial charge in [0, 0.05) is 42.9 Å². The Kier molecular flexibility index (Phi) is 4.33. The van der Waals surface area contributed by atoms with Gasteiger partial charge in [0.25, 0.3) is 0 Å². The number of methoxy groups -OCH3 is 1. The van der Waals surface area contributed by atoms with Gasteiger partial charge in [0.05, 0.1) is 0 Å². The molecule has 0 spiro atoms. The maximum absolute atomic E-state index is 5.73. The van der Waals surface area contributed by atoms with Crippen molar-refractivity contribution in [2.24, 2.45) is 5.73 Å². The van der Waals surface area contributed by atoms with Gasteiger partial charge >= 0.3 is 0 Å². The molecule has 2 N–H and O–H groups in total. The third-order valence-corrected chi connectivity index (χ3v) is 3.30. The van der Waals surface area contributed by atoms with Gasteiger partial charge in [-0.1, -0.05) is 24.4 Å². The normalized spacial score (nSPS) is 10.9. The highest BCUT2D eigenvalue weighted by molar-refractivity contribution is 7.80. The third kappa shape index (κ3) is 2.71. The summed E-state index contributed by atoms with van der Waals surface area (Å²) in [6.07, 6.45) is 4.28. The van der Waals surface area contributed by atoms with Crippen LogP contribution in [0.4, 0.5) is 0 Å². The number of ether oxygens (including phenoxy) is 1. The monoisotopic (exact) mass is 262 g/mol. The maximum atomic E-state index is 5.73. The highest BCUT2D eigenvalue weighted by atomic mass is 32.1. The lowest BCUT2D eigenvalue weighted by molar-refractivity contribution is 0.191. The first-order chi connectivity index (χ1) is 8.74. The Bertz CT molecular complexity index is 548. The first kappa shape index (κ1) is 13.1. The predicted molar refractivity (Wildman–Crippen MR) is 78.9 cm³/mol. The molecule has 0 amide bonds. The van der Waals surface area contributed by atoms with Gasteiger partial charge in [-0.15, -0.1) is 0 Å². The number of fused-ring (bicyclic) bond motifs is 1. The van der Waals surface area contributed by atoms with Crippen LogP contribution in [0.15, 0.2) is 30.5 Å². The van der Waals surface area contributed by atoms with Gasteiger partial charge in [0.1, 0.15) is 4.99 Å². The minimum absolute atomic E-state index is 0.456. The van der Waals surface area contributed by atoms with E-state index in [1.807, 2.05) is 12.1 Å². The zero-order valence-electron chi connectivity index (χ0n) is 10.6. The first-order valence-electron chi connectivity index (χ1n) is 6.10. The molecule has 1 heterocycles. The van der Waals surface area contributed by atoms with Crippen molar-refractivity contribution in [1.82, 2.24) is 4.57 Å². The van der Waals surface area contributed by atoms with E-state index in [0.29, 0.717) is 4.99 Å². The molecule has 1 aromatic heterocycles. The minimum atomic E-state index is 0.456. The molecule has 2 aromatic rings. The largest absolute Gasteiger partial charge is 0.389 e. The second-order valence-corrected chi connectivity index (χ2v) is 4.75. The maximum Gasteiger partial charge on any atom is 0.104 e. The second kappa shape index (κ2) is 5.98. The molecule has 3 nitrogen and oxygen atoms in total. The summed E-state index contributed by atoms with van der Waals surface area (Å²) >= 11 is 5.07. The Balaban J connectivity index is 2.20. The molecular formula is C14H18N2OS. The van der Waals surface area contributed by atoms with Crippen molar-refractivity contribution in [3.05, 3.63) is 36.0 Å². The molecule has 0 saturated carbocycles. The lowest BCUT2D eigenvalue weighted by Gasteiger charge is -2.06. The van der Waals surface area contributed by atoms with E-state index in [4.69, 9.17) is 22.7 Å². The summed E-state index contributed by atoms with van der Waals surface area (Å²) in [6.45, 7) is 1.81. The topological polar surface area (TPSA) is 40.2 Å². The minimum Gasteiger partial charge on any atom is -0.389 e. The molecule has 0 aliphatic heterocycles. The Labute approximate surface area is 113 Å².